The molecule has 2 unspecified atom stereocenters. The fourth-order valence-corrected chi connectivity index (χ4v) is 12.8. The molecule has 34 heteroatoms. The first-order valence-electron chi connectivity index (χ1n) is 29.3. The van der Waals surface area contributed by atoms with E-state index in [4.69, 9.17) is 62.1 Å². The molecule has 6 aliphatic rings. The molecule has 10 rings (SSSR count). The molecule has 512 valence electrons. The van der Waals surface area contributed by atoms with Crippen LogP contribution in [-0.2, 0) is 42.9 Å². The number of rotatable bonds is 23. The molecule has 0 aliphatic carbocycles. The third kappa shape index (κ3) is 20.7. The van der Waals surface area contributed by atoms with Crippen molar-refractivity contribution in [2.75, 3.05) is 104 Å². The number of hydrogen-bond acceptors (Lipinski definition) is 20. The SMILES string of the molecule is CCOC(=O)C1=C(CBr)NC(c2nccs2)=N[C@H]1c1cccc(F)c1Cl.CCOC(=O)C1=C(CN2CCN3C(=O)N(CCCOCC(=O)O)CC3C2)NC(c2nccs2)=N[C@H]1c1cccc(F)c1Cl.O=C(O)COCCCN1CC2CCCCN2C1=O.O=CC(F)(F)F.[CH3-]. The molecule has 4 atom stereocenters. The molecule has 8 heterocycles. The van der Waals surface area contributed by atoms with Gasteiger partial charge in [-0.2, -0.15) is 13.2 Å². The van der Waals surface area contributed by atoms with E-state index in [9.17, 15) is 50.7 Å². The molecular weight excluding hydrogens is 1390 g/mol. The number of carboxylic acids is 2. The van der Waals surface area contributed by atoms with Crippen LogP contribution in [0.2, 0.25) is 10.0 Å². The number of urea groups is 2. The summed E-state index contributed by atoms with van der Waals surface area (Å²) in [4.78, 5) is 108. The molecule has 94 heavy (non-hydrogen) atoms. The van der Waals surface area contributed by atoms with Crippen molar-refractivity contribution in [3.05, 3.63) is 132 Å². The van der Waals surface area contributed by atoms with Crippen LogP contribution in [0.4, 0.5) is 31.5 Å². The smallest absolute Gasteiger partial charge is 0.446 e. The maximum absolute atomic E-state index is 14.6. The second-order valence-corrected chi connectivity index (χ2v) is 24.1. The predicted molar refractivity (Wildman–Crippen MR) is 343 cm³/mol. The molecule has 4 aromatic rings. The number of aldehydes is 1. The van der Waals surface area contributed by atoms with E-state index in [1.165, 1.54) is 53.4 Å². The van der Waals surface area contributed by atoms with E-state index in [1.54, 1.807) is 43.3 Å². The summed E-state index contributed by atoms with van der Waals surface area (Å²) in [5.41, 5.74) is 2.39. The Bertz CT molecular complexity index is 3410. The third-order valence-electron chi connectivity index (χ3n) is 14.7. The van der Waals surface area contributed by atoms with Crippen LogP contribution in [0, 0.1) is 19.1 Å². The van der Waals surface area contributed by atoms with Crippen LogP contribution in [-0.4, -0.2) is 221 Å². The molecule has 2 aromatic heterocycles. The van der Waals surface area contributed by atoms with Gasteiger partial charge in [0.1, 0.15) is 36.9 Å². The number of alkyl halides is 4. The van der Waals surface area contributed by atoms with Gasteiger partial charge in [-0.15, -0.1) is 22.7 Å². The van der Waals surface area contributed by atoms with E-state index in [0.717, 1.165) is 25.9 Å². The summed E-state index contributed by atoms with van der Waals surface area (Å²) >= 11 is 18.7. The van der Waals surface area contributed by atoms with Gasteiger partial charge in [0.2, 0.25) is 6.29 Å². The number of amides is 4. The predicted octanol–water partition coefficient (Wildman–Crippen LogP) is 8.96. The van der Waals surface area contributed by atoms with Crippen molar-refractivity contribution in [3.8, 4) is 0 Å². The molecule has 0 saturated carbocycles. The lowest BCUT2D eigenvalue weighted by atomic mass is 9.95. The number of aromatic nitrogens is 2. The molecule has 4 saturated heterocycles. The van der Waals surface area contributed by atoms with Crippen molar-refractivity contribution in [2.45, 2.75) is 76.3 Å². The fraction of sp³-hybridized carbons (Fsp3) is 0.467. The number of carbonyl (C=O) groups excluding carboxylic acids is 5. The van der Waals surface area contributed by atoms with Gasteiger partial charge >= 0.3 is 42.1 Å². The molecule has 2 aromatic carbocycles. The van der Waals surface area contributed by atoms with Crippen molar-refractivity contribution in [3.63, 3.8) is 0 Å². The van der Waals surface area contributed by atoms with E-state index in [2.05, 4.69) is 46.4 Å². The Morgan fingerprint density at radius 1 is 0.713 bits per heavy atom. The molecule has 0 radical (unpaired) electrons. The first-order chi connectivity index (χ1) is 44.6. The molecular formula is C60H70BrCl2F5N11O13S2-. The third-order valence-corrected chi connectivity index (χ3v) is 17.6. The second-order valence-electron chi connectivity index (χ2n) is 21.0. The number of thiazole rings is 2. The van der Waals surface area contributed by atoms with Gasteiger partial charge in [-0.25, -0.2) is 47.5 Å². The van der Waals surface area contributed by atoms with Gasteiger partial charge in [0.05, 0.1) is 46.5 Å². The number of piperazine rings is 1. The number of carboxylic acid groups (broad SMARTS) is 2. The van der Waals surface area contributed by atoms with Crippen LogP contribution in [0.1, 0.15) is 79.2 Å². The number of halogens is 8. The molecule has 4 fully saturated rings. The van der Waals surface area contributed by atoms with Crippen molar-refractivity contribution >= 4 is 116 Å². The number of nitrogens with one attached hydrogen (secondary N) is 2. The Morgan fingerprint density at radius 3 is 1.62 bits per heavy atom. The van der Waals surface area contributed by atoms with Gasteiger partial charge in [0.25, 0.3) is 0 Å². The minimum Gasteiger partial charge on any atom is -0.480 e. The van der Waals surface area contributed by atoms with E-state index in [1.807, 2.05) is 25.5 Å². The first kappa shape index (κ1) is 75.8. The minimum atomic E-state index is -4.64. The summed E-state index contributed by atoms with van der Waals surface area (Å²) in [6.45, 7) is 9.11. The minimum absolute atomic E-state index is 0. The van der Waals surface area contributed by atoms with Crippen molar-refractivity contribution in [1.82, 2.24) is 45.1 Å². The molecule has 4 N–H and O–H groups in total. The maximum atomic E-state index is 14.6. The van der Waals surface area contributed by atoms with Gasteiger partial charge in [0, 0.05) is 123 Å². The van der Waals surface area contributed by atoms with Crippen molar-refractivity contribution in [1.29, 1.82) is 0 Å². The zero-order valence-electron chi connectivity index (χ0n) is 51.3. The molecule has 0 spiro atoms. The number of aliphatic carboxylic acids is 2. The molecule has 4 amide bonds. The van der Waals surface area contributed by atoms with Crippen LogP contribution in [0.15, 0.2) is 92.1 Å². The molecule has 24 nitrogen and oxygen atoms in total. The quantitative estimate of drug-likeness (QED) is 0.0135. The van der Waals surface area contributed by atoms with Crippen molar-refractivity contribution < 1.29 is 84.7 Å². The normalized spacial score (nSPS) is 19.3. The number of aliphatic imine (C=N–C) groups is 2. The van der Waals surface area contributed by atoms with Crippen LogP contribution >= 0.6 is 61.8 Å². The fourth-order valence-electron chi connectivity index (χ4n) is 10.7. The number of benzene rings is 2. The van der Waals surface area contributed by atoms with Gasteiger partial charge < -0.3 is 66.8 Å². The number of piperidine rings is 1. The van der Waals surface area contributed by atoms with Gasteiger partial charge in [0.15, 0.2) is 21.7 Å². The maximum Gasteiger partial charge on any atom is 0.446 e. The number of carbonyl (C=O) groups is 7. The summed E-state index contributed by atoms with van der Waals surface area (Å²) < 4.78 is 80.5. The highest BCUT2D eigenvalue weighted by atomic mass is 79.9. The number of amidine groups is 2. The van der Waals surface area contributed by atoms with Crippen molar-refractivity contribution in [2.24, 2.45) is 9.98 Å². The average Bonchev–Trinajstić information content (AvgIpc) is 0.949. The Labute approximate surface area is 564 Å². The Hall–Kier alpha value is -7.20. The first-order valence-corrected chi connectivity index (χ1v) is 32.9. The highest BCUT2D eigenvalue weighted by molar-refractivity contribution is 9.09. The number of allylic oxidation sites excluding steroid dienone is 1. The highest BCUT2D eigenvalue weighted by Gasteiger charge is 2.43. The summed E-state index contributed by atoms with van der Waals surface area (Å²) in [7, 11) is 0. The number of ether oxygens (including phenoxy) is 4. The number of hydrogen-bond donors (Lipinski definition) is 4. The van der Waals surface area contributed by atoms with Gasteiger partial charge in [-0.05, 0) is 58.1 Å². The van der Waals surface area contributed by atoms with E-state index in [-0.39, 0.29) is 79.8 Å². The van der Waals surface area contributed by atoms with E-state index in [0.29, 0.717) is 121 Å². The lowest BCUT2D eigenvalue weighted by Crippen LogP contribution is -2.53. The van der Waals surface area contributed by atoms with Crippen LogP contribution in [0.25, 0.3) is 0 Å². The lowest BCUT2D eigenvalue weighted by Gasteiger charge is -2.38. The van der Waals surface area contributed by atoms with Crippen LogP contribution < -0.4 is 10.6 Å². The highest BCUT2D eigenvalue weighted by Crippen LogP contribution is 2.40. The Morgan fingerprint density at radius 2 is 1.18 bits per heavy atom. The second kappa shape index (κ2) is 36.6. The van der Waals surface area contributed by atoms with E-state index < -0.39 is 60.1 Å². The largest absolute Gasteiger partial charge is 0.480 e. The van der Waals surface area contributed by atoms with E-state index >= 15 is 0 Å². The Kier molecular flexibility index (Phi) is 29.5. The molecule has 6 aliphatic heterocycles. The standard InChI is InChI=1S/C28H32ClFN6O6S.C17H14BrClFN3O2S.C12H20N2O4.C2HF3O.CH3/c1-2-42-27(39)22-20(32-25(26-31-7-12-43-26)33-24(22)18-5-3-6-19(30)23(18)29)15-34-9-10-36-17(13-34)14-35(28(36)40)8-4-11-41-16-21(37)38;1-2-25-17(24)12-11(8-18)22-15(16-21-6-7-26-16)23-14(12)9-4-3-5-10(20)13(9)19;15-11(16)9-18-7-3-5-13-8-10-4-1-2-6-14(10)12(13)17;3-2(4,5)1-6;/h3,5-7,12,17,24H,2,4,8-11,13-16H2,1H3,(H,32,33)(H,37,38);3-7,14H,2,8H2,1H3,(H,22,23);10H,1-9H2,(H,15,16);1H;1H3/q;;;;-1/t17?,24-;14-;;;/m00.../s1. The monoisotopic (exact) mass is 1460 g/mol. The molecule has 0 bridgehead atoms. The number of esters is 2. The average molecular weight is 1460 g/mol. The topological polar surface area (TPSA) is 288 Å². The summed E-state index contributed by atoms with van der Waals surface area (Å²) in [5.74, 6) is -3.35. The summed E-state index contributed by atoms with van der Waals surface area (Å²) in [6.07, 6.45) is 2.27. The number of fused-ring (bicyclic) bond motifs is 2. The summed E-state index contributed by atoms with van der Waals surface area (Å²) in [5, 5.41) is 28.6. The lowest BCUT2D eigenvalue weighted by molar-refractivity contribution is -0.156. The van der Waals surface area contributed by atoms with Crippen LogP contribution in [0.5, 0.6) is 0 Å². The number of nitrogens with zero attached hydrogens (tertiary/aromatic N) is 9. The summed E-state index contributed by atoms with van der Waals surface area (Å²) in [6, 6.07) is 7.56. The zero-order valence-corrected chi connectivity index (χ0v) is 56.0. The zero-order chi connectivity index (χ0) is 67.4. The van der Waals surface area contributed by atoms with Crippen LogP contribution in [0.3, 0.4) is 0 Å². The van der Waals surface area contributed by atoms with Gasteiger partial charge in [-0.3, -0.25) is 19.7 Å². The van der Waals surface area contributed by atoms with Gasteiger partial charge in [-0.1, -0.05) is 63.4 Å². The Balaban J connectivity index is 0.000000232.